The predicted molar refractivity (Wildman–Crippen MR) is 67.5 cm³/mol. The molecule has 0 amide bonds. The molecule has 0 aliphatic heterocycles. The van der Waals surface area contributed by atoms with Gasteiger partial charge in [-0.25, -0.2) is 0 Å². The summed E-state index contributed by atoms with van der Waals surface area (Å²) < 4.78 is 4.88. The molecule has 0 heterocycles. The second kappa shape index (κ2) is 5.77. The average molecular weight is 260 g/mol. The molecule has 0 spiro atoms. The summed E-state index contributed by atoms with van der Waals surface area (Å²) in [5.41, 5.74) is 0.467. The average Bonchev–Trinajstić information content (AvgIpc) is 2.26. The molecule has 0 aliphatic rings. The van der Waals surface area contributed by atoms with Gasteiger partial charge in [-0.3, -0.25) is 10.1 Å². The molecule has 1 rings (SSSR count). The highest BCUT2D eigenvalue weighted by molar-refractivity contribution is 7.80. The van der Waals surface area contributed by atoms with E-state index in [1.54, 1.807) is 12.2 Å². The molecule has 4 nitrogen and oxygen atoms in total. The number of rotatable bonds is 4. The van der Waals surface area contributed by atoms with Gasteiger partial charge in [0.25, 0.3) is 0 Å². The number of thiol groups is 1. The Morgan fingerprint density at radius 1 is 1.62 bits per heavy atom. The Morgan fingerprint density at radius 2 is 2.31 bits per heavy atom. The Morgan fingerprint density at radius 3 is 2.81 bits per heavy atom. The topological polar surface area (TPSA) is 52.4 Å². The van der Waals surface area contributed by atoms with Crippen molar-refractivity contribution >= 4 is 36.0 Å². The lowest BCUT2D eigenvalue weighted by Gasteiger charge is -2.04. The van der Waals surface area contributed by atoms with Crippen LogP contribution in [-0.2, 0) is 0 Å². The van der Waals surface area contributed by atoms with Crippen molar-refractivity contribution in [3.63, 3.8) is 0 Å². The second-order valence-corrected chi connectivity index (χ2v) is 3.66. The van der Waals surface area contributed by atoms with Crippen LogP contribution in [0.3, 0.4) is 0 Å². The zero-order valence-electron chi connectivity index (χ0n) is 8.51. The first-order valence-corrected chi connectivity index (χ1v) is 5.40. The van der Waals surface area contributed by atoms with E-state index in [4.69, 9.17) is 16.3 Å². The number of halogens is 1. The van der Waals surface area contributed by atoms with Crippen molar-refractivity contribution in [1.29, 1.82) is 0 Å². The summed E-state index contributed by atoms with van der Waals surface area (Å²) >= 11 is 9.94. The van der Waals surface area contributed by atoms with Crippen LogP contribution in [0.15, 0.2) is 18.2 Å². The fraction of sp³-hybridized carbons (Fsp3) is 0.200. The standard InChI is InChI=1S/C10H10ClNO3S/c1-15-10-6-8(11)7(3-2-4-16)5-9(10)12(13)14/h2-3,5-6,16H,4H2,1H3. The molecule has 0 bridgehead atoms. The first-order chi connectivity index (χ1) is 7.60. The van der Waals surface area contributed by atoms with Gasteiger partial charge in [-0.1, -0.05) is 23.8 Å². The van der Waals surface area contributed by atoms with Crippen LogP contribution in [0.2, 0.25) is 5.02 Å². The molecule has 0 atom stereocenters. The molecule has 0 aliphatic carbocycles. The highest BCUT2D eigenvalue weighted by atomic mass is 35.5. The lowest BCUT2D eigenvalue weighted by molar-refractivity contribution is -0.385. The van der Waals surface area contributed by atoms with Crippen molar-refractivity contribution in [3.05, 3.63) is 38.9 Å². The molecule has 0 unspecified atom stereocenters. The van der Waals surface area contributed by atoms with Crippen LogP contribution < -0.4 is 4.74 Å². The molecular weight excluding hydrogens is 250 g/mol. The maximum Gasteiger partial charge on any atom is 0.311 e. The molecule has 0 saturated carbocycles. The molecule has 1 aromatic carbocycles. The zero-order valence-corrected chi connectivity index (χ0v) is 10.2. The monoisotopic (exact) mass is 259 g/mol. The zero-order chi connectivity index (χ0) is 12.1. The van der Waals surface area contributed by atoms with Gasteiger partial charge in [-0.05, 0) is 5.56 Å². The third-order valence-corrected chi connectivity index (χ3v) is 2.44. The molecular formula is C10H10ClNO3S. The number of hydrogen-bond donors (Lipinski definition) is 1. The second-order valence-electron chi connectivity index (χ2n) is 2.89. The van der Waals surface area contributed by atoms with Crippen LogP contribution in [0.1, 0.15) is 5.56 Å². The Hall–Kier alpha value is -1.20. The van der Waals surface area contributed by atoms with E-state index >= 15 is 0 Å². The van der Waals surface area contributed by atoms with Gasteiger partial charge in [-0.15, -0.1) is 0 Å². The van der Waals surface area contributed by atoms with Crippen molar-refractivity contribution < 1.29 is 9.66 Å². The minimum absolute atomic E-state index is 0.106. The molecule has 86 valence electrons. The van der Waals surface area contributed by atoms with Crippen LogP contribution in [0.25, 0.3) is 6.08 Å². The fourth-order valence-electron chi connectivity index (χ4n) is 1.17. The van der Waals surface area contributed by atoms with E-state index < -0.39 is 4.92 Å². The first-order valence-electron chi connectivity index (χ1n) is 4.39. The minimum atomic E-state index is -0.507. The third kappa shape index (κ3) is 2.90. The quantitative estimate of drug-likeness (QED) is 0.513. The largest absolute Gasteiger partial charge is 0.490 e. The number of nitro groups is 1. The summed E-state index contributed by atoms with van der Waals surface area (Å²) in [4.78, 5) is 10.3. The van der Waals surface area contributed by atoms with E-state index in [9.17, 15) is 10.1 Å². The van der Waals surface area contributed by atoms with E-state index in [1.165, 1.54) is 19.2 Å². The van der Waals surface area contributed by atoms with Gasteiger partial charge < -0.3 is 4.74 Å². The summed E-state index contributed by atoms with van der Waals surface area (Å²) in [5, 5.41) is 11.2. The Kier molecular flexibility index (Phi) is 4.64. The lowest BCUT2D eigenvalue weighted by Crippen LogP contribution is -1.94. The number of nitrogens with zero attached hydrogens (tertiary/aromatic N) is 1. The van der Waals surface area contributed by atoms with Gasteiger partial charge in [0.15, 0.2) is 5.75 Å². The van der Waals surface area contributed by atoms with Crippen molar-refractivity contribution in [2.24, 2.45) is 0 Å². The van der Waals surface area contributed by atoms with Crippen molar-refractivity contribution in [1.82, 2.24) is 0 Å². The molecule has 16 heavy (non-hydrogen) atoms. The number of ether oxygens (including phenoxy) is 1. The normalized spacial score (nSPS) is 10.7. The van der Waals surface area contributed by atoms with Gasteiger partial charge in [0.05, 0.1) is 17.1 Å². The molecule has 0 saturated heterocycles. The summed E-state index contributed by atoms with van der Waals surface area (Å²) in [5.74, 6) is 0.689. The van der Waals surface area contributed by atoms with Gasteiger partial charge in [0.1, 0.15) is 0 Å². The lowest BCUT2D eigenvalue weighted by atomic mass is 10.1. The predicted octanol–water partition coefficient (Wildman–Crippen LogP) is 3.20. The minimum Gasteiger partial charge on any atom is -0.490 e. The van der Waals surface area contributed by atoms with Crippen LogP contribution in [-0.4, -0.2) is 17.8 Å². The van der Waals surface area contributed by atoms with Gasteiger partial charge in [0.2, 0.25) is 0 Å². The SMILES string of the molecule is COc1cc(Cl)c(C=CCS)cc1[N+](=O)[O-]. The van der Waals surface area contributed by atoms with Crippen LogP contribution in [0, 0.1) is 10.1 Å². The highest BCUT2D eigenvalue weighted by Crippen LogP contribution is 2.33. The molecule has 0 fully saturated rings. The van der Waals surface area contributed by atoms with Gasteiger partial charge >= 0.3 is 5.69 Å². The number of methoxy groups -OCH3 is 1. The molecule has 6 heteroatoms. The van der Waals surface area contributed by atoms with Crippen LogP contribution in [0.5, 0.6) is 5.75 Å². The van der Waals surface area contributed by atoms with Crippen LogP contribution in [0.4, 0.5) is 5.69 Å². The number of hydrogen-bond acceptors (Lipinski definition) is 4. The molecule has 0 radical (unpaired) electrons. The summed E-state index contributed by atoms with van der Waals surface area (Å²) in [6, 6.07) is 2.80. The first kappa shape index (κ1) is 12.9. The Balaban J connectivity index is 3.27. The highest BCUT2D eigenvalue weighted by Gasteiger charge is 2.16. The van der Waals surface area contributed by atoms with Crippen molar-refractivity contribution in [3.8, 4) is 5.75 Å². The van der Waals surface area contributed by atoms with E-state index in [0.717, 1.165) is 0 Å². The third-order valence-electron chi connectivity index (χ3n) is 1.90. The smallest absolute Gasteiger partial charge is 0.311 e. The van der Waals surface area contributed by atoms with Crippen molar-refractivity contribution in [2.45, 2.75) is 0 Å². The molecule has 1 aromatic rings. The maximum absolute atomic E-state index is 10.8. The Labute approximate surface area is 103 Å². The number of nitro benzene ring substituents is 1. The van der Waals surface area contributed by atoms with E-state index in [-0.39, 0.29) is 11.4 Å². The molecule has 0 N–H and O–H groups in total. The molecule has 0 aromatic heterocycles. The maximum atomic E-state index is 10.8. The number of benzene rings is 1. The van der Waals surface area contributed by atoms with Crippen LogP contribution >= 0.6 is 24.2 Å². The van der Waals surface area contributed by atoms with Gasteiger partial charge in [-0.2, -0.15) is 12.6 Å². The summed E-state index contributed by atoms with van der Waals surface area (Å²) in [6.45, 7) is 0. The summed E-state index contributed by atoms with van der Waals surface area (Å²) in [6.07, 6.45) is 3.43. The Bertz CT molecular complexity index is 434. The van der Waals surface area contributed by atoms with Gasteiger partial charge in [0, 0.05) is 17.9 Å². The van der Waals surface area contributed by atoms with E-state index in [1.807, 2.05) is 0 Å². The van der Waals surface area contributed by atoms with E-state index in [2.05, 4.69) is 12.6 Å². The van der Waals surface area contributed by atoms with E-state index in [0.29, 0.717) is 16.3 Å². The fourth-order valence-corrected chi connectivity index (χ4v) is 1.50. The van der Waals surface area contributed by atoms with Crippen molar-refractivity contribution in [2.75, 3.05) is 12.9 Å². The summed E-state index contributed by atoms with van der Waals surface area (Å²) in [7, 11) is 1.36.